The largest absolute Gasteiger partial charge is 0.370 e. The van der Waals surface area contributed by atoms with E-state index in [1.807, 2.05) is 0 Å². The molecule has 0 spiro atoms. The molecule has 0 bridgehead atoms. The summed E-state index contributed by atoms with van der Waals surface area (Å²) in [6, 6.07) is 4.94. The Bertz CT molecular complexity index is 464. The molecule has 0 radical (unpaired) electrons. The van der Waals surface area contributed by atoms with Gasteiger partial charge in [-0.15, -0.1) is 0 Å². The number of urea groups is 1. The topological polar surface area (TPSA) is 58.6 Å². The number of hydrogen-bond acceptors (Lipinski definition) is 3. The average molecular weight is 238 g/mol. The van der Waals surface area contributed by atoms with Crippen LogP contribution in [0, 0.1) is 5.82 Å². The van der Waals surface area contributed by atoms with Crippen LogP contribution in [-0.2, 0) is 9.53 Å². The molecule has 5 nitrogen and oxygen atoms in total. The minimum absolute atomic E-state index is 0.0725. The van der Waals surface area contributed by atoms with Crippen LogP contribution in [0.4, 0.5) is 14.9 Å². The number of anilines is 1. The van der Waals surface area contributed by atoms with E-state index in [1.54, 1.807) is 6.07 Å². The molecule has 1 N–H and O–H groups in total. The number of carbonyl (C=O) groups is 2. The lowest BCUT2D eigenvalue weighted by Crippen LogP contribution is -2.58. The number of halogens is 1. The molecular formula is C11H11FN2O3. The number of methoxy groups -OCH3 is 1. The highest BCUT2D eigenvalue weighted by atomic mass is 19.1. The number of para-hydroxylation sites is 1. The highest BCUT2D eigenvalue weighted by Gasteiger charge is 2.36. The lowest BCUT2D eigenvalue weighted by Gasteiger charge is -2.30. The van der Waals surface area contributed by atoms with Crippen LogP contribution in [0.25, 0.3) is 0 Å². The lowest BCUT2D eigenvalue weighted by molar-refractivity contribution is -0.128. The van der Waals surface area contributed by atoms with E-state index in [1.165, 1.54) is 25.3 Å². The maximum absolute atomic E-state index is 13.5. The third-order valence-corrected chi connectivity index (χ3v) is 2.52. The standard InChI is InChI=1S/C11H11FN2O3/c1-17-9-6-13-11(16)14(10(9)15)8-5-3-2-4-7(8)12/h2-5,9H,6H2,1H3,(H,13,16). The zero-order valence-corrected chi connectivity index (χ0v) is 9.14. The van der Waals surface area contributed by atoms with Crippen LogP contribution in [0.2, 0.25) is 0 Å². The first-order valence-corrected chi connectivity index (χ1v) is 5.04. The molecule has 1 saturated heterocycles. The maximum atomic E-state index is 13.5. The second-order valence-electron chi connectivity index (χ2n) is 3.54. The van der Waals surface area contributed by atoms with E-state index in [-0.39, 0.29) is 12.2 Å². The van der Waals surface area contributed by atoms with E-state index in [0.29, 0.717) is 0 Å². The van der Waals surface area contributed by atoms with Crippen molar-refractivity contribution < 1.29 is 18.7 Å². The second-order valence-corrected chi connectivity index (χ2v) is 3.54. The van der Waals surface area contributed by atoms with E-state index in [0.717, 1.165) is 4.90 Å². The zero-order valence-electron chi connectivity index (χ0n) is 9.14. The summed E-state index contributed by atoms with van der Waals surface area (Å²) in [5.74, 6) is -1.20. The normalized spacial score (nSPS) is 20.4. The number of nitrogens with one attached hydrogen (secondary N) is 1. The second kappa shape index (κ2) is 4.50. The molecule has 1 unspecified atom stereocenters. The molecular weight excluding hydrogens is 227 g/mol. The van der Waals surface area contributed by atoms with Gasteiger partial charge < -0.3 is 10.1 Å². The number of hydrogen-bond donors (Lipinski definition) is 1. The first-order valence-electron chi connectivity index (χ1n) is 5.04. The molecule has 6 heteroatoms. The van der Waals surface area contributed by atoms with Crippen molar-refractivity contribution in [3.63, 3.8) is 0 Å². The lowest BCUT2D eigenvalue weighted by atomic mass is 10.2. The smallest absolute Gasteiger partial charge is 0.329 e. The molecule has 3 amide bonds. The number of amides is 3. The van der Waals surface area contributed by atoms with Gasteiger partial charge in [0.05, 0.1) is 12.2 Å². The van der Waals surface area contributed by atoms with Gasteiger partial charge in [-0.25, -0.2) is 14.1 Å². The van der Waals surface area contributed by atoms with Crippen LogP contribution in [0.15, 0.2) is 24.3 Å². The fourth-order valence-corrected chi connectivity index (χ4v) is 1.64. The predicted molar refractivity (Wildman–Crippen MR) is 58.1 cm³/mol. The third-order valence-electron chi connectivity index (χ3n) is 2.52. The Hall–Kier alpha value is -1.95. The van der Waals surface area contributed by atoms with Crippen molar-refractivity contribution in [2.24, 2.45) is 0 Å². The van der Waals surface area contributed by atoms with Crippen LogP contribution < -0.4 is 10.2 Å². The summed E-state index contributed by atoms with van der Waals surface area (Å²) in [6.07, 6.45) is -0.785. The van der Waals surface area contributed by atoms with Crippen molar-refractivity contribution >= 4 is 17.6 Å². The molecule has 1 atom stereocenters. The Morgan fingerprint density at radius 2 is 2.12 bits per heavy atom. The SMILES string of the molecule is COC1CNC(=O)N(c2ccccc2F)C1=O. The van der Waals surface area contributed by atoms with E-state index in [2.05, 4.69) is 5.32 Å². The number of nitrogens with zero attached hydrogens (tertiary/aromatic N) is 1. The molecule has 1 aromatic carbocycles. The molecule has 2 rings (SSSR count). The molecule has 0 aliphatic carbocycles. The van der Waals surface area contributed by atoms with Crippen molar-refractivity contribution in [2.75, 3.05) is 18.6 Å². The van der Waals surface area contributed by atoms with Gasteiger partial charge in [-0.05, 0) is 12.1 Å². The molecule has 1 aromatic rings. The summed E-state index contributed by atoms with van der Waals surface area (Å²) in [6.45, 7) is 0.0963. The van der Waals surface area contributed by atoms with Crippen LogP contribution in [-0.4, -0.2) is 31.7 Å². The summed E-state index contributed by atoms with van der Waals surface area (Å²) < 4.78 is 18.5. The van der Waals surface area contributed by atoms with E-state index < -0.39 is 23.9 Å². The Morgan fingerprint density at radius 1 is 1.41 bits per heavy atom. The minimum atomic E-state index is -0.785. The maximum Gasteiger partial charge on any atom is 0.329 e. The molecule has 90 valence electrons. The molecule has 1 aliphatic rings. The molecule has 1 heterocycles. The number of benzene rings is 1. The zero-order chi connectivity index (χ0) is 12.4. The fourth-order valence-electron chi connectivity index (χ4n) is 1.64. The van der Waals surface area contributed by atoms with Gasteiger partial charge in [-0.2, -0.15) is 0 Å². The molecule has 1 aliphatic heterocycles. The van der Waals surface area contributed by atoms with E-state index in [4.69, 9.17) is 4.74 Å². The third kappa shape index (κ3) is 1.99. The van der Waals surface area contributed by atoms with Crippen molar-refractivity contribution in [3.05, 3.63) is 30.1 Å². The summed E-state index contributed by atoms with van der Waals surface area (Å²) in [7, 11) is 1.36. The number of rotatable bonds is 2. The van der Waals surface area contributed by atoms with Gasteiger partial charge in [0.25, 0.3) is 5.91 Å². The molecule has 17 heavy (non-hydrogen) atoms. The Balaban J connectivity index is 2.38. The van der Waals surface area contributed by atoms with Crippen LogP contribution in [0.1, 0.15) is 0 Å². The number of carbonyl (C=O) groups excluding carboxylic acids is 2. The van der Waals surface area contributed by atoms with Gasteiger partial charge in [0, 0.05) is 7.11 Å². The van der Waals surface area contributed by atoms with Gasteiger partial charge in [-0.1, -0.05) is 12.1 Å². The molecule has 1 fully saturated rings. The van der Waals surface area contributed by atoms with Gasteiger partial charge in [-0.3, -0.25) is 4.79 Å². The Kier molecular flexibility index (Phi) is 3.06. The monoisotopic (exact) mass is 238 g/mol. The predicted octanol–water partition coefficient (Wildman–Crippen LogP) is 0.897. The van der Waals surface area contributed by atoms with Gasteiger partial charge >= 0.3 is 6.03 Å². The molecule has 0 aromatic heterocycles. The van der Waals surface area contributed by atoms with Crippen molar-refractivity contribution in [3.8, 4) is 0 Å². The molecule has 0 saturated carbocycles. The summed E-state index contributed by atoms with van der Waals surface area (Å²) in [4.78, 5) is 24.2. The summed E-state index contributed by atoms with van der Waals surface area (Å²) in [5, 5.41) is 2.46. The summed E-state index contributed by atoms with van der Waals surface area (Å²) in [5.41, 5.74) is -0.0725. The van der Waals surface area contributed by atoms with Gasteiger partial charge in [0.15, 0.2) is 6.10 Å². The Morgan fingerprint density at radius 3 is 2.76 bits per heavy atom. The number of ether oxygens (including phenoxy) is 1. The van der Waals surface area contributed by atoms with Gasteiger partial charge in [0.1, 0.15) is 5.82 Å². The van der Waals surface area contributed by atoms with Crippen molar-refractivity contribution in [2.45, 2.75) is 6.10 Å². The first-order chi connectivity index (χ1) is 8.15. The fraction of sp³-hybridized carbons (Fsp3) is 0.273. The van der Waals surface area contributed by atoms with Crippen LogP contribution in [0.3, 0.4) is 0 Å². The highest BCUT2D eigenvalue weighted by Crippen LogP contribution is 2.21. The van der Waals surface area contributed by atoms with E-state index in [9.17, 15) is 14.0 Å². The average Bonchev–Trinajstić information content (AvgIpc) is 2.32. The van der Waals surface area contributed by atoms with E-state index >= 15 is 0 Å². The minimum Gasteiger partial charge on any atom is -0.370 e. The quantitative estimate of drug-likeness (QED) is 0.832. The Labute approximate surface area is 97.2 Å². The van der Waals surface area contributed by atoms with Crippen LogP contribution in [0.5, 0.6) is 0 Å². The summed E-state index contributed by atoms with van der Waals surface area (Å²) >= 11 is 0. The highest BCUT2D eigenvalue weighted by molar-refractivity contribution is 6.17. The van der Waals surface area contributed by atoms with Crippen LogP contribution >= 0.6 is 0 Å². The number of imide groups is 1. The first kappa shape index (κ1) is 11.5. The van der Waals surface area contributed by atoms with Crippen molar-refractivity contribution in [1.29, 1.82) is 0 Å². The van der Waals surface area contributed by atoms with Gasteiger partial charge in [0.2, 0.25) is 0 Å². The van der Waals surface area contributed by atoms with Crippen molar-refractivity contribution in [1.82, 2.24) is 5.32 Å².